The number of ether oxygens (including phenoxy) is 2. The smallest absolute Gasteiger partial charge is 0.308 e. The molecule has 3 aliphatic carbocycles. The SMILES string of the molecule is COc1cccc2c1nc(CCCN(C)CC[C@@]1(OC(=O)C(C)C)C[C@@H]3CC[C@H]1C=C3c1ccccc1)n2C. The van der Waals surface area contributed by atoms with Crippen LogP contribution < -0.4 is 4.74 Å². The van der Waals surface area contributed by atoms with Gasteiger partial charge in [0.25, 0.3) is 0 Å². The number of methoxy groups -OCH3 is 1. The molecule has 2 bridgehead atoms. The van der Waals surface area contributed by atoms with E-state index in [-0.39, 0.29) is 17.8 Å². The van der Waals surface area contributed by atoms with Gasteiger partial charge in [0.05, 0.1) is 18.5 Å². The van der Waals surface area contributed by atoms with Crippen LogP contribution in [-0.2, 0) is 23.0 Å². The summed E-state index contributed by atoms with van der Waals surface area (Å²) in [4.78, 5) is 20.2. The zero-order chi connectivity index (χ0) is 27.6. The maximum atomic E-state index is 12.9. The molecule has 1 aromatic heterocycles. The molecule has 0 saturated heterocycles. The molecule has 0 radical (unpaired) electrons. The fraction of sp³-hybridized carbons (Fsp3) is 0.515. The van der Waals surface area contributed by atoms with Gasteiger partial charge in [0, 0.05) is 32.4 Å². The van der Waals surface area contributed by atoms with Crippen molar-refractivity contribution >= 4 is 22.6 Å². The highest BCUT2D eigenvalue weighted by atomic mass is 16.6. The lowest BCUT2D eigenvalue weighted by molar-refractivity contribution is -0.176. The first-order chi connectivity index (χ1) is 18.8. The van der Waals surface area contributed by atoms with Gasteiger partial charge in [-0.15, -0.1) is 0 Å². The van der Waals surface area contributed by atoms with Gasteiger partial charge in [0.15, 0.2) is 0 Å². The van der Waals surface area contributed by atoms with Gasteiger partial charge >= 0.3 is 5.97 Å². The molecule has 1 saturated carbocycles. The van der Waals surface area contributed by atoms with E-state index in [1.165, 1.54) is 17.6 Å². The Bertz CT molecular complexity index is 1330. The summed E-state index contributed by atoms with van der Waals surface area (Å²) >= 11 is 0. The molecule has 0 amide bonds. The van der Waals surface area contributed by atoms with Crippen LogP contribution in [0.4, 0.5) is 0 Å². The lowest BCUT2D eigenvalue weighted by atomic mass is 9.60. The molecule has 3 aromatic rings. The fourth-order valence-electron chi connectivity index (χ4n) is 6.53. The van der Waals surface area contributed by atoms with Gasteiger partial charge in [-0.05, 0) is 68.5 Å². The Labute approximate surface area is 233 Å². The average Bonchev–Trinajstić information content (AvgIpc) is 3.28. The molecule has 6 nitrogen and oxygen atoms in total. The van der Waals surface area contributed by atoms with Gasteiger partial charge in [-0.3, -0.25) is 4.79 Å². The lowest BCUT2D eigenvalue weighted by Gasteiger charge is -2.50. The molecule has 0 N–H and O–H groups in total. The highest BCUT2D eigenvalue weighted by Gasteiger charge is 2.50. The third kappa shape index (κ3) is 5.62. The topological polar surface area (TPSA) is 56.6 Å². The summed E-state index contributed by atoms with van der Waals surface area (Å²) in [5.74, 6) is 2.41. The third-order valence-corrected chi connectivity index (χ3v) is 8.84. The van der Waals surface area contributed by atoms with Crippen LogP contribution in [0.25, 0.3) is 16.6 Å². The number of hydrogen-bond acceptors (Lipinski definition) is 5. The molecule has 0 spiro atoms. The van der Waals surface area contributed by atoms with E-state index in [2.05, 4.69) is 66.0 Å². The van der Waals surface area contributed by atoms with Gasteiger partial charge < -0.3 is 18.9 Å². The molecule has 39 heavy (non-hydrogen) atoms. The van der Waals surface area contributed by atoms with Crippen molar-refractivity contribution in [1.82, 2.24) is 14.5 Å². The first-order valence-corrected chi connectivity index (χ1v) is 14.5. The number of esters is 1. The van der Waals surface area contributed by atoms with E-state index < -0.39 is 5.60 Å². The number of aromatic nitrogens is 2. The lowest BCUT2D eigenvalue weighted by Crippen LogP contribution is -2.51. The van der Waals surface area contributed by atoms with Crippen molar-refractivity contribution in [2.24, 2.45) is 24.8 Å². The maximum Gasteiger partial charge on any atom is 0.308 e. The summed E-state index contributed by atoms with van der Waals surface area (Å²) in [5.41, 5.74) is 4.37. The highest BCUT2D eigenvalue weighted by Crippen LogP contribution is 2.53. The molecular weight excluding hydrogens is 486 g/mol. The van der Waals surface area contributed by atoms with Crippen LogP contribution in [-0.4, -0.2) is 53.3 Å². The molecule has 208 valence electrons. The normalized spacial score (nSPS) is 22.5. The Hall–Kier alpha value is -3.12. The van der Waals surface area contributed by atoms with E-state index in [1.807, 2.05) is 26.0 Å². The number of imidazole rings is 1. The van der Waals surface area contributed by atoms with Crippen molar-refractivity contribution in [3.63, 3.8) is 0 Å². The predicted molar refractivity (Wildman–Crippen MR) is 157 cm³/mol. The van der Waals surface area contributed by atoms with Crippen molar-refractivity contribution in [2.45, 2.75) is 58.0 Å². The van der Waals surface area contributed by atoms with Crippen molar-refractivity contribution in [1.29, 1.82) is 0 Å². The van der Waals surface area contributed by atoms with Crippen molar-refractivity contribution in [3.05, 3.63) is 66.0 Å². The third-order valence-electron chi connectivity index (χ3n) is 8.84. The number of aryl methyl sites for hydroxylation is 2. The number of benzene rings is 2. The molecule has 3 aliphatic rings. The van der Waals surface area contributed by atoms with E-state index in [9.17, 15) is 4.79 Å². The molecule has 6 rings (SSSR count). The number of para-hydroxylation sites is 1. The van der Waals surface area contributed by atoms with E-state index in [0.29, 0.717) is 5.92 Å². The minimum absolute atomic E-state index is 0.0721. The van der Waals surface area contributed by atoms with Crippen molar-refractivity contribution in [2.75, 3.05) is 27.2 Å². The minimum atomic E-state index is -0.412. The van der Waals surface area contributed by atoms with Crippen LogP contribution in [0, 0.1) is 17.8 Å². The summed E-state index contributed by atoms with van der Waals surface area (Å²) in [6.07, 6.45) is 8.40. The number of rotatable bonds is 11. The van der Waals surface area contributed by atoms with Gasteiger partial charge in [0.2, 0.25) is 0 Å². The number of allylic oxidation sites excluding steroid dienone is 1. The zero-order valence-corrected chi connectivity index (χ0v) is 24.2. The van der Waals surface area contributed by atoms with E-state index >= 15 is 0 Å². The minimum Gasteiger partial charge on any atom is -0.494 e. The van der Waals surface area contributed by atoms with Crippen LogP contribution in [0.2, 0.25) is 0 Å². The van der Waals surface area contributed by atoms with Crippen LogP contribution >= 0.6 is 0 Å². The Morgan fingerprint density at radius 3 is 2.62 bits per heavy atom. The van der Waals surface area contributed by atoms with Crippen molar-refractivity contribution < 1.29 is 14.3 Å². The molecule has 0 aliphatic heterocycles. The molecule has 6 heteroatoms. The number of nitrogens with zero attached hydrogens (tertiary/aromatic N) is 3. The van der Waals surface area contributed by atoms with E-state index in [1.54, 1.807) is 7.11 Å². The highest BCUT2D eigenvalue weighted by molar-refractivity contribution is 5.82. The molecular formula is C33H43N3O3. The molecule has 3 atom stereocenters. The molecule has 0 unspecified atom stereocenters. The first kappa shape index (κ1) is 27.4. The van der Waals surface area contributed by atoms with Crippen LogP contribution in [0.5, 0.6) is 5.75 Å². The van der Waals surface area contributed by atoms with Crippen LogP contribution in [0.15, 0.2) is 54.6 Å². The molecule has 1 fully saturated rings. The first-order valence-electron chi connectivity index (χ1n) is 14.5. The Morgan fingerprint density at radius 2 is 1.92 bits per heavy atom. The largest absolute Gasteiger partial charge is 0.494 e. The van der Waals surface area contributed by atoms with Gasteiger partial charge in [-0.2, -0.15) is 0 Å². The van der Waals surface area contributed by atoms with Crippen molar-refractivity contribution in [3.8, 4) is 5.75 Å². The second-order valence-corrected chi connectivity index (χ2v) is 11.8. The number of carbonyl (C=O) groups excluding carboxylic acids is 1. The Balaban J connectivity index is 1.24. The maximum absolute atomic E-state index is 12.9. The second kappa shape index (κ2) is 11.5. The Morgan fingerprint density at radius 1 is 1.13 bits per heavy atom. The monoisotopic (exact) mass is 529 g/mol. The summed E-state index contributed by atoms with van der Waals surface area (Å²) in [5, 5.41) is 0. The zero-order valence-electron chi connectivity index (χ0n) is 24.2. The quantitative estimate of drug-likeness (QED) is 0.273. The number of fused-ring (bicyclic) bond motifs is 3. The number of carbonyl (C=O) groups is 1. The van der Waals surface area contributed by atoms with E-state index in [0.717, 1.165) is 67.8 Å². The fourth-order valence-corrected chi connectivity index (χ4v) is 6.53. The Kier molecular flexibility index (Phi) is 8.13. The summed E-state index contributed by atoms with van der Waals surface area (Å²) in [6.45, 7) is 5.74. The average molecular weight is 530 g/mol. The standard InChI is InChI=1S/C33H43N3O3/c1-23(2)32(37)39-33(22-25-16-17-26(33)21-27(25)24-11-7-6-8-12-24)18-20-35(3)19-10-15-30-34-31-28(36(30)4)13-9-14-29(31)38-5/h6-9,11-14,21,23,25-26H,10,15-20,22H2,1-5H3/t25-,26-,33+/m0/s1. The van der Waals surface area contributed by atoms with Gasteiger partial charge in [0.1, 0.15) is 22.7 Å². The number of hydrogen-bond donors (Lipinski definition) is 0. The summed E-state index contributed by atoms with van der Waals surface area (Å²) < 4.78 is 14.1. The van der Waals surface area contributed by atoms with Gasteiger partial charge in [-0.25, -0.2) is 4.98 Å². The van der Waals surface area contributed by atoms with E-state index in [4.69, 9.17) is 14.5 Å². The summed E-state index contributed by atoms with van der Waals surface area (Å²) in [6, 6.07) is 16.8. The van der Waals surface area contributed by atoms with Crippen LogP contribution in [0.3, 0.4) is 0 Å². The predicted octanol–water partition coefficient (Wildman–Crippen LogP) is 6.29. The van der Waals surface area contributed by atoms with Crippen LogP contribution in [0.1, 0.15) is 57.3 Å². The second-order valence-electron chi connectivity index (χ2n) is 11.8. The molecule has 1 heterocycles. The molecule has 2 aromatic carbocycles. The summed E-state index contributed by atoms with van der Waals surface area (Å²) in [7, 11) is 5.96. The van der Waals surface area contributed by atoms with Gasteiger partial charge in [-0.1, -0.05) is 56.3 Å².